The molecule has 1 N–H and O–H groups in total. The number of halogens is 1. The molecule has 2 atom stereocenters. The lowest BCUT2D eigenvalue weighted by Crippen LogP contribution is -2.41. The van der Waals surface area contributed by atoms with Crippen molar-refractivity contribution in [3.63, 3.8) is 0 Å². The van der Waals surface area contributed by atoms with E-state index in [9.17, 15) is 4.79 Å². The number of hydrogen-bond donors (Lipinski definition) is 1. The fourth-order valence-electron chi connectivity index (χ4n) is 2.65. The van der Waals surface area contributed by atoms with Crippen LogP contribution in [0.2, 0.25) is 5.02 Å². The molecule has 2 unspecified atom stereocenters. The van der Waals surface area contributed by atoms with Gasteiger partial charge < -0.3 is 9.84 Å². The number of rotatable bonds is 6. The quantitative estimate of drug-likeness (QED) is 0.877. The number of carboxylic acid groups (broad SMARTS) is 1. The first-order chi connectivity index (χ1) is 9.49. The van der Waals surface area contributed by atoms with Gasteiger partial charge in [-0.2, -0.15) is 0 Å². The zero-order valence-electron chi connectivity index (χ0n) is 11.8. The predicted octanol–water partition coefficient (Wildman–Crippen LogP) is 2.83. The maximum atomic E-state index is 10.8. The fraction of sp³-hybridized carbons (Fsp3) is 0.533. The molecule has 0 spiro atoms. The third-order valence-electron chi connectivity index (χ3n) is 3.70. The highest BCUT2D eigenvalue weighted by atomic mass is 35.5. The number of hydrogen-bond acceptors (Lipinski definition) is 3. The standard InChI is InChI=1S/C15H20ClNO3/c1-3-17(10(2)6-15(18)19)9-13-8-11-7-12(16)4-5-14(11)20-13/h4-5,7,10,13H,3,6,8-9H2,1-2H3,(H,18,19). The van der Waals surface area contributed by atoms with Gasteiger partial charge in [0, 0.05) is 24.0 Å². The molecular weight excluding hydrogens is 278 g/mol. The third-order valence-corrected chi connectivity index (χ3v) is 3.94. The van der Waals surface area contributed by atoms with Gasteiger partial charge in [0.1, 0.15) is 11.9 Å². The number of carboxylic acids is 1. The first-order valence-corrected chi connectivity index (χ1v) is 7.28. The first kappa shape index (κ1) is 15.1. The molecular formula is C15H20ClNO3. The van der Waals surface area contributed by atoms with Crippen LogP contribution in [0.5, 0.6) is 5.75 Å². The Labute approximate surface area is 124 Å². The number of nitrogens with zero attached hydrogens (tertiary/aromatic N) is 1. The monoisotopic (exact) mass is 297 g/mol. The van der Waals surface area contributed by atoms with E-state index in [4.69, 9.17) is 21.4 Å². The van der Waals surface area contributed by atoms with Gasteiger partial charge in [-0.05, 0) is 37.2 Å². The van der Waals surface area contributed by atoms with Crippen LogP contribution in [0, 0.1) is 0 Å². The largest absolute Gasteiger partial charge is 0.488 e. The Kier molecular flexibility index (Phi) is 4.89. The second-order valence-electron chi connectivity index (χ2n) is 5.23. The SMILES string of the molecule is CCN(CC1Cc2cc(Cl)ccc2O1)C(C)CC(=O)O. The van der Waals surface area contributed by atoms with E-state index < -0.39 is 5.97 Å². The van der Waals surface area contributed by atoms with Crippen LogP contribution in [0.3, 0.4) is 0 Å². The molecule has 20 heavy (non-hydrogen) atoms. The average molecular weight is 298 g/mol. The van der Waals surface area contributed by atoms with Gasteiger partial charge in [0.2, 0.25) is 0 Å². The molecule has 1 aromatic carbocycles. The normalized spacial score (nSPS) is 18.7. The van der Waals surface area contributed by atoms with Crippen LogP contribution in [0.15, 0.2) is 18.2 Å². The minimum absolute atomic E-state index is 0.00778. The minimum atomic E-state index is -0.765. The Hall–Kier alpha value is -1.26. The number of carbonyl (C=O) groups is 1. The zero-order chi connectivity index (χ0) is 14.7. The molecule has 0 radical (unpaired) electrons. The van der Waals surface area contributed by atoms with Gasteiger partial charge in [0.15, 0.2) is 0 Å². The molecule has 0 amide bonds. The Morgan fingerprint density at radius 2 is 2.35 bits per heavy atom. The Morgan fingerprint density at radius 1 is 1.60 bits per heavy atom. The highest BCUT2D eigenvalue weighted by Gasteiger charge is 2.26. The smallest absolute Gasteiger partial charge is 0.304 e. The maximum Gasteiger partial charge on any atom is 0.304 e. The lowest BCUT2D eigenvalue weighted by atomic mass is 10.1. The molecule has 1 heterocycles. The van der Waals surface area contributed by atoms with Gasteiger partial charge in [-0.15, -0.1) is 0 Å². The van der Waals surface area contributed by atoms with Crippen LogP contribution in [-0.4, -0.2) is 41.2 Å². The highest BCUT2D eigenvalue weighted by molar-refractivity contribution is 6.30. The van der Waals surface area contributed by atoms with Gasteiger partial charge in [-0.1, -0.05) is 18.5 Å². The molecule has 0 saturated heterocycles. The molecule has 1 aliphatic heterocycles. The van der Waals surface area contributed by atoms with Gasteiger partial charge in [-0.25, -0.2) is 0 Å². The second kappa shape index (κ2) is 6.46. The summed E-state index contributed by atoms with van der Waals surface area (Å²) in [5.41, 5.74) is 1.13. The van der Waals surface area contributed by atoms with Gasteiger partial charge in [-0.3, -0.25) is 9.69 Å². The summed E-state index contributed by atoms with van der Waals surface area (Å²) >= 11 is 5.98. The summed E-state index contributed by atoms with van der Waals surface area (Å²) in [7, 11) is 0. The molecule has 0 aliphatic carbocycles. The van der Waals surface area contributed by atoms with Crippen molar-refractivity contribution in [1.82, 2.24) is 4.90 Å². The van der Waals surface area contributed by atoms with E-state index >= 15 is 0 Å². The minimum Gasteiger partial charge on any atom is -0.488 e. The van der Waals surface area contributed by atoms with Gasteiger partial charge in [0.25, 0.3) is 0 Å². The van der Waals surface area contributed by atoms with Crippen molar-refractivity contribution in [2.45, 2.75) is 38.8 Å². The van der Waals surface area contributed by atoms with Crippen molar-refractivity contribution in [2.75, 3.05) is 13.1 Å². The summed E-state index contributed by atoms with van der Waals surface area (Å²) < 4.78 is 5.90. The number of ether oxygens (including phenoxy) is 1. The fourth-order valence-corrected chi connectivity index (χ4v) is 2.85. The topological polar surface area (TPSA) is 49.8 Å². The average Bonchev–Trinajstić information content (AvgIpc) is 2.76. The summed E-state index contributed by atoms with van der Waals surface area (Å²) in [5, 5.41) is 9.61. The molecule has 5 heteroatoms. The molecule has 1 aliphatic rings. The zero-order valence-corrected chi connectivity index (χ0v) is 12.6. The van der Waals surface area contributed by atoms with Crippen molar-refractivity contribution < 1.29 is 14.6 Å². The van der Waals surface area contributed by atoms with Crippen molar-refractivity contribution >= 4 is 17.6 Å². The van der Waals surface area contributed by atoms with E-state index in [0.717, 1.165) is 35.8 Å². The highest BCUT2D eigenvalue weighted by Crippen LogP contribution is 2.31. The molecule has 0 saturated carbocycles. The van der Waals surface area contributed by atoms with Crippen molar-refractivity contribution in [3.05, 3.63) is 28.8 Å². The summed E-state index contributed by atoms with van der Waals surface area (Å²) in [6, 6.07) is 5.67. The summed E-state index contributed by atoms with van der Waals surface area (Å²) in [6.07, 6.45) is 1.05. The van der Waals surface area contributed by atoms with E-state index in [2.05, 4.69) is 4.90 Å². The molecule has 0 fully saturated rings. The van der Waals surface area contributed by atoms with E-state index in [0.29, 0.717) is 0 Å². The maximum absolute atomic E-state index is 10.8. The van der Waals surface area contributed by atoms with Crippen molar-refractivity contribution in [3.8, 4) is 5.75 Å². The van der Waals surface area contributed by atoms with Crippen LogP contribution in [0.4, 0.5) is 0 Å². The number of fused-ring (bicyclic) bond motifs is 1. The van der Waals surface area contributed by atoms with E-state index in [1.165, 1.54) is 0 Å². The molecule has 0 bridgehead atoms. The summed E-state index contributed by atoms with van der Waals surface area (Å²) in [4.78, 5) is 13.0. The number of likely N-dealkylation sites (N-methyl/N-ethyl adjacent to an activating group) is 1. The van der Waals surface area contributed by atoms with E-state index in [-0.39, 0.29) is 18.6 Å². The molecule has 0 aromatic heterocycles. The van der Waals surface area contributed by atoms with E-state index in [1.807, 2.05) is 32.0 Å². The summed E-state index contributed by atoms with van der Waals surface area (Å²) in [6.45, 7) is 5.52. The lowest BCUT2D eigenvalue weighted by Gasteiger charge is -2.29. The molecule has 110 valence electrons. The Bertz CT molecular complexity index is 492. The van der Waals surface area contributed by atoms with Crippen LogP contribution in [-0.2, 0) is 11.2 Å². The van der Waals surface area contributed by atoms with Crippen LogP contribution < -0.4 is 4.74 Å². The first-order valence-electron chi connectivity index (χ1n) is 6.90. The van der Waals surface area contributed by atoms with Crippen molar-refractivity contribution in [1.29, 1.82) is 0 Å². The van der Waals surface area contributed by atoms with Crippen LogP contribution >= 0.6 is 11.6 Å². The predicted molar refractivity (Wildman–Crippen MR) is 78.5 cm³/mol. The molecule has 1 aromatic rings. The van der Waals surface area contributed by atoms with Crippen molar-refractivity contribution in [2.24, 2.45) is 0 Å². The summed E-state index contributed by atoms with van der Waals surface area (Å²) in [5.74, 6) is 0.125. The second-order valence-corrected chi connectivity index (χ2v) is 5.67. The Morgan fingerprint density at radius 3 is 3.00 bits per heavy atom. The third kappa shape index (κ3) is 3.64. The number of aliphatic carboxylic acids is 1. The molecule has 4 nitrogen and oxygen atoms in total. The van der Waals surface area contributed by atoms with Crippen LogP contribution in [0.25, 0.3) is 0 Å². The van der Waals surface area contributed by atoms with E-state index in [1.54, 1.807) is 0 Å². The Balaban J connectivity index is 1.96. The molecule has 2 rings (SSSR count). The lowest BCUT2D eigenvalue weighted by molar-refractivity contribution is -0.138. The van der Waals surface area contributed by atoms with Crippen LogP contribution in [0.1, 0.15) is 25.8 Å². The van der Waals surface area contributed by atoms with Gasteiger partial charge >= 0.3 is 5.97 Å². The van der Waals surface area contributed by atoms with Gasteiger partial charge in [0.05, 0.1) is 6.42 Å². The number of benzene rings is 1.